The highest BCUT2D eigenvalue weighted by Gasteiger charge is 2.30. The minimum absolute atomic E-state index is 0.0320. The quantitative estimate of drug-likeness (QED) is 0.882. The number of fused-ring (bicyclic) bond motifs is 1. The molecule has 4 nitrogen and oxygen atoms in total. The number of rotatable bonds is 3. The van der Waals surface area contributed by atoms with Crippen molar-refractivity contribution in [1.29, 1.82) is 0 Å². The van der Waals surface area contributed by atoms with E-state index in [2.05, 4.69) is 28.5 Å². The number of hydrogen-bond donors (Lipinski definition) is 2. The molecule has 0 aromatic heterocycles. The molecule has 0 spiro atoms. The van der Waals surface area contributed by atoms with Gasteiger partial charge < -0.3 is 15.5 Å². The van der Waals surface area contributed by atoms with E-state index in [0.29, 0.717) is 6.04 Å². The maximum absolute atomic E-state index is 12.5. The topological polar surface area (TPSA) is 44.4 Å². The van der Waals surface area contributed by atoms with Gasteiger partial charge in [0.1, 0.15) is 0 Å². The predicted octanol–water partition coefficient (Wildman–Crippen LogP) is 1.80. The number of amides is 1. The molecule has 0 saturated carbocycles. The molecule has 0 aliphatic carbocycles. The molecule has 108 valence electrons. The molecular formula is C16H23N3O. The molecule has 4 heteroatoms. The number of piperidine rings is 1. The van der Waals surface area contributed by atoms with Gasteiger partial charge in [0.05, 0.1) is 5.92 Å². The molecule has 2 N–H and O–H groups in total. The van der Waals surface area contributed by atoms with Gasteiger partial charge in [0, 0.05) is 31.4 Å². The van der Waals surface area contributed by atoms with Crippen LogP contribution in [0.15, 0.2) is 24.3 Å². The Balaban J connectivity index is 1.58. The van der Waals surface area contributed by atoms with Crippen LogP contribution in [0.2, 0.25) is 0 Å². The van der Waals surface area contributed by atoms with Crippen molar-refractivity contribution in [2.24, 2.45) is 0 Å². The van der Waals surface area contributed by atoms with E-state index in [-0.39, 0.29) is 11.8 Å². The minimum Gasteiger partial charge on any atom is -0.384 e. The van der Waals surface area contributed by atoms with Crippen LogP contribution in [-0.2, 0) is 4.79 Å². The lowest BCUT2D eigenvalue weighted by Crippen LogP contribution is -2.46. The molecule has 3 rings (SSSR count). The van der Waals surface area contributed by atoms with E-state index < -0.39 is 0 Å². The molecule has 2 heterocycles. The summed E-state index contributed by atoms with van der Waals surface area (Å²) in [5, 5.41) is 6.56. The Morgan fingerprint density at radius 3 is 2.85 bits per heavy atom. The Hall–Kier alpha value is -1.55. The largest absolute Gasteiger partial charge is 0.384 e. The van der Waals surface area contributed by atoms with Crippen LogP contribution in [0.1, 0.15) is 31.2 Å². The number of nitrogens with zero attached hydrogens (tertiary/aromatic N) is 1. The summed E-state index contributed by atoms with van der Waals surface area (Å²) in [4.78, 5) is 14.9. The van der Waals surface area contributed by atoms with E-state index in [1.165, 1.54) is 0 Å². The predicted molar refractivity (Wildman–Crippen MR) is 81.0 cm³/mol. The number of hydrogen-bond acceptors (Lipinski definition) is 3. The van der Waals surface area contributed by atoms with Crippen molar-refractivity contribution in [3.63, 3.8) is 0 Å². The van der Waals surface area contributed by atoms with E-state index in [1.807, 2.05) is 18.2 Å². The van der Waals surface area contributed by atoms with Crippen molar-refractivity contribution in [3.8, 4) is 0 Å². The molecule has 1 fully saturated rings. The minimum atomic E-state index is -0.0320. The highest BCUT2D eigenvalue weighted by Crippen LogP contribution is 2.31. The van der Waals surface area contributed by atoms with Gasteiger partial charge in [-0.2, -0.15) is 0 Å². The zero-order valence-corrected chi connectivity index (χ0v) is 12.1. The van der Waals surface area contributed by atoms with Crippen LogP contribution in [0.25, 0.3) is 0 Å². The average Bonchev–Trinajstić information content (AvgIpc) is 2.92. The number of nitrogens with one attached hydrogen (secondary N) is 2. The lowest BCUT2D eigenvalue weighted by molar-refractivity contribution is -0.123. The lowest BCUT2D eigenvalue weighted by Gasteiger charge is -2.32. The van der Waals surface area contributed by atoms with Gasteiger partial charge in [-0.25, -0.2) is 0 Å². The molecule has 2 aliphatic rings. The van der Waals surface area contributed by atoms with Gasteiger partial charge in [0.25, 0.3) is 0 Å². The highest BCUT2D eigenvalue weighted by atomic mass is 16.2. The van der Waals surface area contributed by atoms with E-state index in [9.17, 15) is 4.79 Å². The highest BCUT2D eigenvalue weighted by molar-refractivity contribution is 5.88. The first-order valence-corrected chi connectivity index (χ1v) is 7.63. The Bertz CT molecular complexity index is 480. The van der Waals surface area contributed by atoms with Crippen molar-refractivity contribution >= 4 is 11.6 Å². The fraction of sp³-hybridized carbons (Fsp3) is 0.562. The Labute approximate surface area is 120 Å². The summed E-state index contributed by atoms with van der Waals surface area (Å²) in [6.45, 7) is 6.22. The standard InChI is InChI=1S/C16H23N3O/c1-2-19-9-7-12(8-10-19)18-16(20)14-11-17-15-6-4-3-5-13(14)15/h3-6,12,14,17H,2,7-11H2,1H3,(H,18,20). The van der Waals surface area contributed by atoms with Crippen molar-refractivity contribution in [1.82, 2.24) is 10.2 Å². The SMILES string of the molecule is CCN1CCC(NC(=O)C2CNc3ccccc32)CC1. The summed E-state index contributed by atoms with van der Waals surface area (Å²) < 4.78 is 0. The summed E-state index contributed by atoms with van der Waals surface area (Å²) in [6.07, 6.45) is 2.14. The lowest BCUT2D eigenvalue weighted by atomic mass is 9.98. The molecule has 1 aromatic rings. The van der Waals surface area contributed by atoms with Gasteiger partial charge in [-0.3, -0.25) is 4.79 Å². The van der Waals surface area contributed by atoms with E-state index in [1.54, 1.807) is 0 Å². The summed E-state index contributed by atoms with van der Waals surface area (Å²) in [5.74, 6) is 0.146. The zero-order chi connectivity index (χ0) is 13.9. The van der Waals surface area contributed by atoms with Crippen LogP contribution in [0.3, 0.4) is 0 Å². The fourth-order valence-corrected chi connectivity index (χ4v) is 3.21. The van der Waals surface area contributed by atoms with Crippen LogP contribution < -0.4 is 10.6 Å². The number of carbonyl (C=O) groups is 1. The van der Waals surface area contributed by atoms with Crippen LogP contribution in [0, 0.1) is 0 Å². The molecule has 1 unspecified atom stereocenters. The third-order valence-corrected chi connectivity index (χ3v) is 4.53. The second kappa shape index (κ2) is 5.83. The first kappa shape index (κ1) is 13.4. The van der Waals surface area contributed by atoms with Crippen LogP contribution >= 0.6 is 0 Å². The zero-order valence-electron chi connectivity index (χ0n) is 12.1. The molecule has 1 atom stereocenters. The second-order valence-corrected chi connectivity index (χ2v) is 5.74. The first-order valence-electron chi connectivity index (χ1n) is 7.63. The average molecular weight is 273 g/mol. The third kappa shape index (κ3) is 2.66. The molecule has 0 bridgehead atoms. The van der Waals surface area contributed by atoms with Crippen molar-refractivity contribution in [2.75, 3.05) is 31.5 Å². The Morgan fingerprint density at radius 1 is 1.35 bits per heavy atom. The van der Waals surface area contributed by atoms with Gasteiger partial charge in [0.2, 0.25) is 5.91 Å². The van der Waals surface area contributed by atoms with E-state index >= 15 is 0 Å². The second-order valence-electron chi connectivity index (χ2n) is 5.74. The van der Waals surface area contributed by atoms with Gasteiger partial charge >= 0.3 is 0 Å². The maximum Gasteiger partial charge on any atom is 0.229 e. The summed E-state index contributed by atoms with van der Waals surface area (Å²) >= 11 is 0. The van der Waals surface area contributed by atoms with Crippen molar-refractivity contribution < 1.29 is 4.79 Å². The molecule has 1 saturated heterocycles. The molecule has 1 aromatic carbocycles. The normalized spacial score (nSPS) is 23.1. The number of carbonyl (C=O) groups excluding carboxylic acids is 1. The maximum atomic E-state index is 12.5. The van der Waals surface area contributed by atoms with Gasteiger partial charge in [-0.15, -0.1) is 0 Å². The summed E-state index contributed by atoms with van der Waals surface area (Å²) in [5.41, 5.74) is 2.24. The molecule has 2 aliphatic heterocycles. The van der Waals surface area contributed by atoms with Crippen LogP contribution in [0.4, 0.5) is 5.69 Å². The monoisotopic (exact) mass is 273 g/mol. The van der Waals surface area contributed by atoms with Gasteiger partial charge in [-0.1, -0.05) is 25.1 Å². The smallest absolute Gasteiger partial charge is 0.229 e. The molecular weight excluding hydrogens is 250 g/mol. The first-order chi connectivity index (χ1) is 9.78. The molecule has 1 amide bonds. The number of anilines is 1. The molecule has 0 radical (unpaired) electrons. The third-order valence-electron chi connectivity index (χ3n) is 4.53. The number of benzene rings is 1. The van der Waals surface area contributed by atoms with Crippen molar-refractivity contribution in [2.45, 2.75) is 31.7 Å². The Kier molecular flexibility index (Phi) is 3.92. The number of para-hydroxylation sites is 1. The fourth-order valence-electron chi connectivity index (χ4n) is 3.21. The van der Waals surface area contributed by atoms with Crippen LogP contribution in [0.5, 0.6) is 0 Å². The van der Waals surface area contributed by atoms with Gasteiger partial charge in [-0.05, 0) is 31.0 Å². The van der Waals surface area contributed by atoms with Crippen molar-refractivity contribution in [3.05, 3.63) is 29.8 Å². The number of likely N-dealkylation sites (tertiary alicyclic amines) is 1. The summed E-state index contributed by atoms with van der Waals surface area (Å²) in [7, 11) is 0. The van der Waals surface area contributed by atoms with Gasteiger partial charge in [0.15, 0.2) is 0 Å². The molecule has 20 heavy (non-hydrogen) atoms. The van der Waals surface area contributed by atoms with Crippen LogP contribution in [-0.4, -0.2) is 43.0 Å². The summed E-state index contributed by atoms with van der Waals surface area (Å²) in [6, 6.07) is 8.46. The van der Waals surface area contributed by atoms with E-state index in [0.717, 1.165) is 50.3 Å². The van der Waals surface area contributed by atoms with E-state index in [4.69, 9.17) is 0 Å². The Morgan fingerprint density at radius 2 is 2.10 bits per heavy atom.